The van der Waals surface area contributed by atoms with Crippen LogP contribution in [0.5, 0.6) is 0 Å². The van der Waals surface area contributed by atoms with Crippen LogP contribution in [-0.2, 0) is 9.53 Å². The second kappa shape index (κ2) is 7.10. The van der Waals surface area contributed by atoms with Crippen molar-refractivity contribution in [3.63, 3.8) is 0 Å². The second-order valence-electron chi connectivity index (χ2n) is 5.55. The summed E-state index contributed by atoms with van der Waals surface area (Å²) in [5.41, 5.74) is 2.69. The third-order valence-electron chi connectivity index (χ3n) is 3.51. The van der Waals surface area contributed by atoms with E-state index in [1.54, 1.807) is 0 Å². The minimum Gasteiger partial charge on any atom is -0.368 e. The highest BCUT2D eigenvalue weighted by atomic mass is 32.2. The summed E-state index contributed by atoms with van der Waals surface area (Å²) in [6, 6.07) is 9.64. The van der Waals surface area contributed by atoms with E-state index in [-0.39, 0.29) is 12.0 Å². The Balaban J connectivity index is 1.63. The Morgan fingerprint density at radius 3 is 2.52 bits per heavy atom. The highest BCUT2D eigenvalue weighted by Gasteiger charge is 2.23. The van der Waals surface area contributed by atoms with E-state index in [0.717, 1.165) is 40.0 Å². The first-order valence-electron chi connectivity index (χ1n) is 7.63. The molecule has 1 aromatic carbocycles. The first kappa shape index (κ1) is 16.0. The normalized spacial score (nSPS) is 17.2. The Labute approximate surface area is 139 Å². The zero-order chi connectivity index (χ0) is 16.2. The van der Waals surface area contributed by atoms with Gasteiger partial charge in [0.25, 0.3) is 5.91 Å². The summed E-state index contributed by atoms with van der Waals surface area (Å²) in [7, 11) is 0. The number of carbonyl (C=O) groups excluding carboxylic acids is 1. The number of aryl methyl sites for hydroxylation is 2. The summed E-state index contributed by atoms with van der Waals surface area (Å²) >= 11 is 1.51. The van der Waals surface area contributed by atoms with Crippen LogP contribution >= 0.6 is 11.8 Å². The van der Waals surface area contributed by atoms with Crippen molar-refractivity contribution in [2.45, 2.75) is 42.8 Å². The van der Waals surface area contributed by atoms with Crippen LogP contribution in [0.3, 0.4) is 0 Å². The lowest BCUT2D eigenvalue weighted by Gasteiger charge is -2.10. The minimum atomic E-state index is -0.312. The predicted molar refractivity (Wildman–Crippen MR) is 89.7 cm³/mol. The fourth-order valence-corrected chi connectivity index (χ4v) is 3.32. The van der Waals surface area contributed by atoms with Gasteiger partial charge in [-0.3, -0.25) is 4.79 Å². The number of anilines is 1. The van der Waals surface area contributed by atoms with Crippen LogP contribution < -0.4 is 5.32 Å². The van der Waals surface area contributed by atoms with Crippen LogP contribution in [0.1, 0.15) is 24.2 Å². The van der Waals surface area contributed by atoms with Crippen LogP contribution in [-0.4, -0.2) is 28.6 Å². The number of ether oxygens (including phenoxy) is 1. The van der Waals surface area contributed by atoms with E-state index < -0.39 is 0 Å². The van der Waals surface area contributed by atoms with Crippen molar-refractivity contribution in [2.24, 2.45) is 0 Å². The molecule has 6 heteroatoms. The summed E-state index contributed by atoms with van der Waals surface area (Å²) in [5.74, 6) is -0.0689. The molecule has 0 saturated carbocycles. The van der Waals surface area contributed by atoms with Crippen LogP contribution in [0.4, 0.5) is 5.69 Å². The van der Waals surface area contributed by atoms with Gasteiger partial charge in [-0.05, 0) is 68.8 Å². The van der Waals surface area contributed by atoms with E-state index in [1.165, 1.54) is 11.8 Å². The van der Waals surface area contributed by atoms with Crippen LogP contribution in [0, 0.1) is 13.8 Å². The van der Waals surface area contributed by atoms with E-state index in [2.05, 4.69) is 15.3 Å². The molecular formula is C17H19N3O2S. The number of aromatic nitrogens is 2. The Hall–Kier alpha value is -1.92. The van der Waals surface area contributed by atoms with Crippen LogP contribution in [0.25, 0.3) is 0 Å². The lowest BCUT2D eigenvalue weighted by Crippen LogP contribution is -2.26. The van der Waals surface area contributed by atoms with Gasteiger partial charge in [0, 0.05) is 28.6 Å². The van der Waals surface area contributed by atoms with Crippen molar-refractivity contribution in [3.05, 3.63) is 41.7 Å². The number of hydrogen-bond donors (Lipinski definition) is 1. The summed E-state index contributed by atoms with van der Waals surface area (Å²) in [5, 5.41) is 3.62. The highest BCUT2D eigenvalue weighted by Crippen LogP contribution is 2.26. The van der Waals surface area contributed by atoms with Gasteiger partial charge in [-0.15, -0.1) is 0 Å². The van der Waals surface area contributed by atoms with E-state index in [0.29, 0.717) is 6.61 Å². The average Bonchev–Trinajstić information content (AvgIpc) is 3.02. The minimum absolute atomic E-state index is 0.0689. The van der Waals surface area contributed by atoms with Gasteiger partial charge < -0.3 is 10.1 Å². The van der Waals surface area contributed by atoms with Gasteiger partial charge >= 0.3 is 0 Å². The summed E-state index contributed by atoms with van der Waals surface area (Å²) in [6.45, 7) is 4.59. The van der Waals surface area contributed by atoms with E-state index >= 15 is 0 Å². The molecule has 0 spiro atoms. The molecule has 0 unspecified atom stereocenters. The number of rotatable bonds is 4. The monoisotopic (exact) mass is 329 g/mol. The van der Waals surface area contributed by atoms with Crippen molar-refractivity contribution in [1.29, 1.82) is 0 Å². The summed E-state index contributed by atoms with van der Waals surface area (Å²) < 4.78 is 5.38. The van der Waals surface area contributed by atoms with Gasteiger partial charge in [0.2, 0.25) is 0 Å². The number of hydrogen-bond acceptors (Lipinski definition) is 5. The van der Waals surface area contributed by atoms with Gasteiger partial charge in [-0.25, -0.2) is 9.97 Å². The lowest BCUT2D eigenvalue weighted by atomic mass is 10.2. The molecule has 5 nitrogen and oxygen atoms in total. The molecule has 3 rings (SSSR count). The van der Waals surface area contributed by atoms with Crippen molar-refractivity contribution < 1.29 is 9.53 Å². The smallest absolute Gasteiger partial charge is 0.253 e. The topological polar surface area (TPSA) is 64.1 Å². The molecule has 1 amide bonds. The first-order chi connectivity index (χ1) is 11.1. The van der Waals surface area contributed by atoms with Gasteiger partial charge in [0.15, 0.2) is 5.16 Å². The van der Waals surface area contributed by atoms with E-state index in [4.69, 9.17) is 4.74 Å². The Morgan fingerprint density at radius 2 is 1.91 bits per heavy atom. The van der Waals surface area contributed by atoms with Crippen molar-refractivity contribution in [2.75, 3.05) is 11.9 Å². The molecule has 1 saturated heterocycles. The van der Waals surface area contributed by atoms with E-state index in [1.807, 2.05) is 44.2 Å². The van der Waals surface area contributed by atoms with Crippen LogP contribution in [0.15, 0.2) is 40.4 Å². The molecule has 0 radical (unpaired) electrons. The molecule has 23 heavy (non-hydrogen) atoms. The van der Waals surface area contributed by atoms with Gasteiger partial charge in [0.1, 0.15) is 6.10 Å². The van der Waals surface area contributed by atoms with Crippen LogP contribution in [0.2, 0.25) is 0 Å². The molecule has 1 atom stereocenters. The molecule has 0 aliphatic carbocycles. The second-order valence-corrected chi connectivity index (χ2v) is 6.59. The average molecular weight is 329 g/mol. The Kier molecular flexibility index (Phi) is 4.93. The molecule has 0 bridgehead atoms. The maximum atomic E-state index is 12.0. The fourth-order valence-electron chi connectivity index (χ4n) is 2.46. The third-order valence-corrected chi connectivity index (χ3v) is 4.39. The zero-order valence-corrected chi connectivity index (χ0v) is 14.0. The molecular weight excluding hydrogens is 310 g/mol. The molecule has 2 heterocycles. The maximum Gasteiger partial charge on any atom is 0.253 e. The molecule has 120 valence electrons. The first-order valence-corrected chi connectivity index (χ1v) is 8.44. The molecule has 1 aliphatic rings. The molecule has 1 aromatic heterocycles. The number of nitrogens with one attached hydrogen (secondary N) is 1. The SMILES string of the molecule is Cc1cc(C)nc(Sc2ccc(NC(=O)[C@H]3CCCO3)cc2)n1. The number of amides is 1. The Bertz CT molecular complexity index is 677. The molecule has 2 aromatic rings. The quantitative estimate of drug-likeness (QED) is 0.871. The highest BCUT2D eigenvalue weighted by molar-refractivity contribution is 7.99. The summed E-state index contributed by atoms with van der Waals surface area (Å²) in [6.07, 6.45) is 1.43. The standard InChI is InChI=1S/C17H19N3O2S/c1-11-10-12(2)19-17(18-11)23-14-7-5-13(6-8-14)20-16(21)15-4-3-9-22-15/h5-8,10,15H,3-4,9H2,1-2H3,(H,20,21)/t15-/m1/s1. The zero-order valence-electron chi connectivity index (χ0n) is 13.2. The van der Waals surface area contributed by atoms with Crippen molar-refractivity contribution in [3.8, 4) is 0 Å². The number of carbonyl (C=O) groups is 1. The third kappa shape index (κ3) is 4.30. The van der Waals surface area contributed by atoms with Crippen molar-refractivity contribution in [1.82, 2.24) is 9.97 Å². The number of nitrogens with zero attached hydrogens (tertiary/aromatic N) is 2. The molecule has 1 fully saturated rings. The lowest BCUT2D eigenvalue weighted by molar-refractivity contribution is -0.124. The van der Waals surface area contributed by atoms with E-state index in [9.17, 15) is 4.79 Å². The predicted octanol–water partition coefficient (Wildman–Crippen LogP) is 3.36. The van der Waals surface area contributed by atoms with Gasteiger partial charge in [-0.1, -0.05) is 0 Å². The van der Waals surface area contributed by atoms with Crippen molar-refractivity contribution >= 4 is 23.4 Å². The maximum absolute atomic E-state index is 12.0. The molecule has 1 N–H and O–H groups in total. The van der Waals surface area contributed by atoms with Gasteiger partial charge in [-0.2, -0.15) is 0 Å². The van der Waals surface area contributed by atoms with Gasteiger partial charge in [0.05, 0.1) is 0 Å². The number of benzene rings is 1. The largest absolute Gasteiger partial charge is 0.368 e. The summed E-state index contributed by atoms with van der Waals surface area (Å²) in [4.78, 5) is 21.9. The Morgan fingerprint density at radius 1 is 1.22 bits per heavy atom. The fraction of sp³-hybridized carbons (Fsp3) is 0.353. The molecule has 1 aliphatic heterocycles.